The van der Waals surface area contributed by atoms with Crippen LogP contribution in [0.2, 0.25) is 0 Å². The van der Waals surface area contributed by atoms with Crippen LogP contribution in [0.4, 0.5) is 11.8 Å². The molecule has 0 unspecified atom stereocenters. The van der Waals surface area contributed by atoms with Crippen LogP contribution in [0.1, 0.15) is 67.8 Å². The summed E-state index contributed by atoms with van der Waals surface area (Å²) in [4.78, 5) is 24.2. The molecule has 0 aliphatic heterocycles. The first-order valence-electron chi connectivity index (χ1n) is 13.1. The van der Waals surface area contributed by atoms with Crippen LogP contribution in [0.5, 0.6) is 0 Å². The Bertz CT molecular complexity index is 1100. The quantitative estimate of drug-likeness (QED) is 0.363. The fourth-order valence-corrected chi connectivity index (χ4v) is 4.90. The molecule has 1 heterocycles. The van der Waals surface area contributed by atoms with E-state index in [0.717, 1.165) is 60.9 Å². The lowest BCUT2D eigenvalue weighted by Crippen LogP contribution is -2.34. The van der Waals surface area contributed by atoms with Crippen LogP contribution in [0, 0.1) is 5.92 Å². The van der Waals surface area contributed by atoms with Crippen molar-refractivity contribution in [1.29, 1.82) is 0 Å². The average molecular weight is 474 g/mol. The normalized spacial score (nSPS) is 17.8. The molecule has 0 bridgehead atoms. The molecule has 1 amide bonds. The summed E-state index contributed by atoms with van der Waals surface area (Å²) < 4.78 is 0. The van der Waals surface area contributed by atoms with E-state index in [4.69, 9.17) is 9.97 Å². The minimum Gasteiger partial charge on any atom is -0.362 e. The monoisotopic (exact) mass is 473 g/mol. The number of unbranched alkanes of at least 4 members (excludes halogenated alkanes) is 2. The van der Waals surface area contributed by atoms with E-state index in [0.29, 0.717) is 17.9 Å². The van der Waals surface area contributed by atoms with Crippen LogP contribution >= 0.6 is 0 Å². The molecule has 4 rings (SSSR count). The van der Waals surface area contributed by atoms with E-state index in [1.807, 2.05) is 49.3 Å². The molecule has 6 nitrogen and oxygen atoms in total. The van der Waals surface area contributed by atoms with Crippen LogP contribution in [-0.2, 0) is 6.42 Å². The van der Waals surface area contributed by atoms with Crippen LogP contribution in [0.3, 0.4) is 0 Å². The number of benzene rings is 2. The molecule has 1 aliphatic rings. The van der Waals surface area contributed by atoms with E-state index >= 15 is 0 Å². The Morgan fingerprint density at radius 2 is 1.71 bits per heavy atom. The number of para-hydroxylation sites is 1. The van der Waals surface area contributed by atoms with E-state index in [9.17, 15) is 4.79 Å². The molecule has 1 aromatic heterocycles. The van der Waals surface area contributed by atoms with Crippen molar-refractivity contribution >= 4 is 28.6 Å². The van der Waals surface area contributed by atoms with Gasteiger partial charge in [-0.3, -0.25) is 4.79 Å². The van der Waals surface area contributed by atoms with Crippen molar-refractivity contribution in [3.8, 4) is 0 Å². The van der Waals surface area contributed by atoms with Gasteiger partial charge in [-0.05, 0) is 74.3 Å². The summed E-state index contributed by atoms with van der Waals surface area (Å²) in [5.74, 6) is 2.18. The van der Waals surface area contributed by atoms with Gasteiger partial charge in [0.15, 0.2) is 0 Å². The van der Waals surface area contributed by atoms with E-state index in [2.05, 4.69) is 35.8 Å². The molecule has 0 atom stereocenters. The molecule has 2 N–H and O–H groups in total. The predicted octanol–water partition coefficient (Wildman–Crippen LogP) is 5.83. The number of aromatic nitrogens is 2. The highest BCUT2D eigenvalue weighted by atomic mass is 16.1. The Balaban J connectivity index is 1.25. The number of hydrogen-bond acceptors (Lipinski definition) is 5. The second kappa shape index (κ2) is 12.0. The molecule has 6 heteroatoms. The van der Waals surface area contributed by atoms with Crippen molar-refractivity contribution in [2.24, 2.45) is 5.92 Å². The second-order valence-electron chi connectivity index (χ2n) is 10.0. The summed E-state index contributed by atoms with van der Waals surface area (Å²) in [5, 5.41) is 7.79. The first-order chi connectivity index (χ1) is 17.0. The van der Waals surface area contributed by atoms with Gasteiger partial charge in [-0.15, -0.1) is 0 Å². The largest absolute Gasteiger partial charge is 0.362 e. The molecule has 0 saturated heterocycles. The van der Waals surface area contributed by atoms with Gasteiger partial charge in [-0.25, -0.2) is 4.98 Å². The Hall–Kier alpha value is -3.15. The van der Waals surface area contributed by atoms with E-state index < -0.39 is 0 Å². The lowest BCUT2D eigenvalue weighted by molar-refractivity contribution is 0.0943. The summed E-state index contributed by atoms with van der Waals surface area (Å²) >= 11 is 0. The highest BCUT2D eigenvalue weighted by molar-refractivity contribution is 5.94. The fraction of sp³-hybridized carbons (Fsp3) is 0.483. The molecule has 1 aliphatic carbocycles. The van der Waals surface area contributed by atoms with E-state index in [1.165, 1.54) is 24.8 Å². The molecular weight excluding hydrogens is 434 g/mol. The maximum Gasteiger partial charge on any atom is 0.251 e. The maximum atomic E-state index is 12.6. The van der Waals surface area contributed by atoms with Gasteiger partial charge < -0.3 is 15.5 Å². The van der Waals surface area contributed by atoms with Crippen molar-refractivity contribution in [3.63, 3.8) is 0 Å². The standard InChI is InChI=1S/C29H39N5O/c1-4-5-6-9-21-12-16-23(17-13-21)28(35)30-20-22-14-18-24(19-15-22)31-29-32-26-11-8-7-10-25(26)27(33-29)34(2)3/h7-8,10-13,16-17,22,24H,4-6,9,14-15,18-20H2,1-3H3,(H,30,35)(H,31,32,33). The number of aryl methyl sites for hydroxylation is 1. The number of fused-ring (bicyclic) bond motifs is 1. The van der Waals surface area contributed by atoms with Crippen molar-refractivity contribution in [2.45, 2.75) is 64.3 Å². The summed E-state index contributed by atoms with van der Waals surface area (Å²) in [6.45, 7) is 2.96. The molecule has 1 fully saturated rings. The zero-order valence-electron chi connectivity index (χ0n) is 21.4. The van der Waals surface area contributed by atoms with Crippen LogP contribution in [-0.4, -0.2) is 42.6 Å². The van der Waals surface area contributed by atoms with Gasteiger partial charge in [-0.1, -0.05) is 44.0 Å². The summed E-state index contributed by atoms with van der Waals surface area (Å²) in [5.41, 5.74) is 3.03. The molecule has 0 spiro atoms. The van der Waals surface area contributed by atoms with Gasteiger partial charge in [0.25, 0.3) is 5.91 Å². The Kier molecular flexibility index (Phi) is 8.56. The molecule has 186 valence electrons. The van der Waals surface area contributed by atoms with Crippen molar-refractivity contribution in [3.05, 3.63) is 59.7 Å². The highest BCUT2D eigenvalue weighted by Gasteiger charge is 2.23. The highest BCUT2D eigenvalue weighted by Crippen LogP contribution is 2.28. The molecule has 0 radical (unpaired) electrons. The minimum atomic E-state index is 0.0335. The number of rotatable bonds is 10. The third-order valence-corrected chi connectivity index (χ3v) is 7.02. The lowest BCUT2D eigenvalue weighted by Gasteiger charge is -2.29. The molecule has 35 heavy (non-hydrogen) atoms. The number of carbonyl (C=O) groups is 1. The van der Waals surface area contributed by atoms with E-state index in [-0.39, 0.29) is 5.91 Å². The minimum absolute atomic E-state index is 0.0335. The van der Waals surface area contributed by atoms with Gasteiger partial charge in [0.1, 0.15) is 5.82 Å². The summed E-state index contributed by atoms with van der Waals surface area (Å²) in [7, 11) is 4.03. The van der Waals surface area contributed by atoms with Crippen LogP contribution < -0.4 is 15.5 Å². The Morgan fingerprint density at radius 3 is 2.43 bits per heavy atom. The first-order valence-corrected chi connectivity index (χ1v) is 13.1. The number of anilines is 2. The Labute approximate surface area is 209 Å². The van der Waals surface area contributed by atoms with Gasteiger partial charge in [0, 0.05) is 37.6 Å². The maximum absolute atomic E-state index is 12.6. The van der Waals surface area contributed by atoms with Crippen LogP contribution in [0.25, 0.3) is 10.9 Å². The number of carbonyl (C=O) groups excluding carboxylic acids is 1. The number of hydrogen-bond donors (Lipinski definition) is 2. The average Bonchev–Trinajstić information content (AvgIpc) is 2.88. The molecule has 1 saturated carbocycles. The second-order valence-corrected chi connectivity index (χ2v) is 10.0. The zero-order valence-corrected chi connectivity index (χ0v) is 21.4. The van der Waals surface area contributed by atoms with Crippen molar-refractivity contribution < 1.29 is 4.79 Å². The lowest BCUT2D eigenvalue weighted by atomic mass is 9.86. The fourth-order valence-electron chi connectivity index (χ4n) is 4.90. The Morgan fingerprint density at radius 1 is 0.971 bits per heavy atom. The smallest absolute Gasteiger partial charge is 0.251 e. The number of nitrogens with zero attached hydrogens (tertiary/aromatic N) is 3. The van der Waals surface area contributed by atoms with Crippen molar-refractivity contribution in [1.82, 2.24) is 15.3 Å². The topological polar surface area (TPSA) is 70.2 Å². The van der Waals surface area contributed by atoms with Crippen molar-refractivity contribution in [2.75, 3.05) is 30.9 Å². The number of nitrogens with one attached hydrogen (secondary N) is 2. The van der Waals surface area contributed by atoms with Gasteiger partial charge in [0.2, 0.25) is 5.95 Å². The third kappa shape index (κ3) is 6.71. The van der Waals surface area contributed by atoms with Gasteiger partial charge in [0.05, 0.1) is 5.52 Å². The third-order valence-electron chi connectivity index (χ3n) is 7.02. The molecular formula is C29H39N5O. The first kappa shape index (κ1) is 25.0. The molecule has 3 aromatic rings. The summed E-state index contributed by atoms with van der Waals surface area (Å²) in [6.07, 6.45) is 9.07. The SMILES string of the molecule is CCCCCc1ccc(C(=O)NCC2CCC(Nc3nc(N(C)C)c4ccccc4n3)CC2)cc1. The van der Waals surface area contributed by atoms with Gasteiger partial charge >= 0.3 is 0 Å². The molecule has 2 aromatic carbocycles. The summed E-state index contributed by atoms with van der Waals surface area (Å²) in [6, 6.07) is 16.6. The van der Waals surface area contributed by atoms with E-state index in [1.54, 1.807) is 0 Å². The van der Waals surface area contributed by atoms with Crippen LogP contribution in [0.15, 0.2) is 48.5 Å². The predicted molar refractivity (Wildman–Crippen MR) is 145 cm³/mol. The number of amides is 1. The zero-order chi connectivity index (χ0) is 24.6. The van der Waals surface area contributed by atoms with Gasteiger partial charge in [-0.2, -0.15) is 4.98 Å².